The SMILES string of the molecule is CN=C(NCCN1CCCS1(=O)=O)NC(C)CCC(C)C. The Labute approximate surface area is 129 Å². The summed E-state index contributed by atoms with van der Waals surface area (Å²) in [6, 6.07) is 0.356. The molecule has 2 N–H and O–H groups in total. The highest BCUT2D eigenvalue weighted by Gasteiger charge is 2.27. The highest BCUT2D eigenvalue weighted by Crippen LogP contribution is 2.11. The number of hydrogen-bond acceptors (Lipinski definition) is 3. The van der Waals surface area contributed by atoms with Crippen LogP contribution < -0.4 is 10.6 Å². The second kappa shape index (κ2) is 8.58. The number of nitrogens with zero attached hydrogens (tertiary/aromatic N) is 2. The predicted molar refractivity (Wildman–Crippen MR) is 88.0 cm³/mol. The first-order valence-electron chi connectivity index (χ1n) is 7.80. The van der Waals surface area contributed by atoms with Gasteiger partial charge >= 0.3 is 0 Å². The van der Waals surface area contributed by atoms with E-state index in [9.17, 15) is 8.42 Å². The molecule has 0 aliphatic carbocycles. The lowest BCUT2D eigenvalue weighted by Crippen LogP contribution is -2.45. The van der Waals surface area contributed by atoms with Gasteiger partial charge in [-0.15, -0.1) is 0 Å². The van der Waals surface area contributed by atoms with E-state index in [-0.39, 0.29) is 5.75 Å². The summed E-state index contributed by atoms with van der Waals surface area (Å²) in [5.41, 5.74) is 0. The standard InChI is InChI=1S/C14H30N4O2S/c1-12(2)6-7-13(3)17-14(15-4)16-8-10-18-9-5-11-21(18,19)20/h12-13H,5-11H2,1-4H3,(H2,15,16,17). The van der Waals surface area contributed by atoms with Gasteiger partial charge in [0.1, 0.15) is 0 Å². The summed E-state index contributed by atoms with van der Waals surface area (Å²) >= 11 is 0. The summed E-state index contributed by atoms with van der Waals surface area (Å²) in [4.78, 5) is 4.18. The van der Waals surface area contributed by atoms with E-state index in [2.05, 4.69) is 36.4 Å². The molecule has 0 amide bonds. The Kier molecular flexibility index (Phi) is 7.45. The summed E-state index contributed by atoms with van der Waals surface area (Å²) in [5.74, 6) is 1.72. The van der Waals surface area contributed by atoms with Gasteiger partial charge < -0.3 is 10.6 Å². The molecule has 1 aliphatic rings. The summed E-state index contributed by atoms with van der Waals surface area (Å²) in [7, 11) is -1.27. The van der Waals surface area contributed by atoms with Crippen LogP contribution >= 0.6 is 0 Å². The minimum Gasteiger partial charge on any atom is -0.355 e. The molecule has 1 aliphatic heterocycles. The first kappa shape index (κ1) is 18.2. The van der Waals surface area contributed by atoms with Gasteiger partial charge in [-0.2, -0.15) is 0 Å². The number of hydrogen-bond donors (Lipinski definition) is 2. The third kappa shape index (κ3) is 6.65. The van der Waals surface area contributed by atoms with Crippen molar-refractivity contribution in [1.82, 2.24) is 14.9 Å². The topological polar surface area (TPSA) is 73.8 Å². The molecule has 1 saturated heterocycles. The van der Waals surface area contributed by atoms with Crippen molar-refractivity contribution in [3.63, 3.8) is 0 Å². The van der Waals surface area contributed by atoms with E-state index in [1.54, 1.807) is 11.4 Å². The second-order valence-electron chi connectivity index (χ2n) is 6.08. The van der Waals surface area contributed by atoms with Crippen LogP contribution in [-0.4, -0.2) is 57.2 Å². The third-order valence-electron chi connectivity index (χ3n) is 3.64. The monoisotopic (exact) mass is 318 g/mol. The van der Waals surface area contributed by atoms with Gasteiger partial charge in [-0.05, 0) is 32.1 Å². The fourth-order valence-corrected chi connectivity index (χ4v) is 3.85. The molecule has 1 rings (SSSR count). The Morgan fingerprint density at radius 2 is 2.00 bits per heavy atom. The molecule has 124 valence electrons. The molecule has 0 bridgehead atoms. The van der Waals surface area contributed by atoms with Gasteiger partial charge in [-0.3, -0.25) is 4.99 Å². The number of guanidine groups is 1. The first-order chi connectivity index (χ1) is 9.85. The number of nitrogens with one attached hydrogen (secondary N) is 2. The average Bonchev–Trinajstić information content (AvgIpc) is 2.74. The van der Waals surface area contributed by atoms with Gasteiger partial charge in [-0.25, -0.2) is 12.7 Å². The molecule has 1 heterocycles. The summed E-state index contributed by atoms with van der Waals surface area (Å²) in [6.45, 7) is 8.30. The van der Waals surface area contributed by atoms with E-state index >= 15 is 0 Å². The zero-order valence-electron chi connectivity index (χ0n) is 13.7. The van der Waals surface area contributed by atoms with Crippen molar-refractivity contribution >= 4 is 16.0 Å². The normalized spacial score (nSPS) is 20.7. The van der Waals surface area contributed by atoms with Gasteiger partial charge in [0, 0.05) is 32.7 Å². The molecule has 0 spiro atoms. The lowest BCUT2D eigenvalue weighted by molar-refractivity contribution is 0.443. The highest BCUT2D eigenvalue weighted by molar-refractivity contribution is 7.89. The van der Waals surface area contributed by atoms with Crippen LogP contribution in [0.4, 0.5) is 0 Å². The van der Waals surface area contributed by atoms with Crippen molar-refractivity contribution in [2.45, 2.75) is 46.1 Å². The minimum atomic E-state index is -3.00. The Balaban J connectivity index is 2.28. The second-order valence-corrected chi connectivity index (χ2v) is 8.17. The fourth-order valence-electron chi connectivity index (χ4n) is 2.32. The van der Waals surface area contributed by atoms with Crippen LogP contribution in [-0.2, 0) is 10.0 Å². The Bertz CT molecular complexity index is 434. The molecule has 0 aromatic carbocycles. The fraction of sp³-hybridized carbons (Fsp3) is 0.929. The predicted octanol–water partition coefficient (Wildman–Crippen LogP) is 1.01. The molecule has 6 nitrogen and oxygen atoms in total. The summed E-state index contributed by atoms with van der Waals surface area (Å²) < 4.78 is 24.9. The minimum absolute atomic E-state index is 0.284. The number of sulfonamides is 1. The highest BCUT2D eigenvalue weighted by atomic mass is 32.2. The van der Waals surface area contributed by atoms with Gasteiger partial charge in [-0.1, -0.05) is 13.8 Å². The van der Waals surface area contributed by atoms with Crippen LogP contribution in [0.3, 0.4) is 0 Å². The molecular formula is C14H30N4O2S. The van der Waals surface area contributed by atoms with E-state index in [4.69, 9.17) is 0 Å². The Morgan fingerprint density at radius 3 is 2.52 bits per heavy atom. The van der Waals surface area contributed by atoms with Crippen molar-refractivity contribution in [2.75, 3.05) is 32.4 Å². The van der Waals surface area contributed by atoms with Crippen LogP contribution in [0.25, 0.3) is 0 Å². The van der Waals surface area contributed by atoms with Crippen molar-refractivity contribution in [3.8, 4) is 0 Å². The average molecular weight is 318 g/mol. The quantitative estimate of drug-likeness (QED) is 0.543. The molecule has 1 fully saturated rings. The van der Waals surface area contributed by atoms with E-state index in [1.165, 1.54) is 6.42 Å². The maximum Gasteiger partial charge on any atom is 0.214 e. The third-order valence-corrected chi connectivity index (χ3v) is 5.60. The molecule has 0 saturated carbocycles. The largest absolute Gasteiger partial charge is 0.355 e. The van der Waals surface area contributed by atoms with E-state index in [1.807, 2.05) is 0 Å². The van der Waals surface area contributed by atoms with Crippen LogP contribution in [0.15, 0.2) is 4.99 Å². The van der Waals surface area contributed by atoms with Crippen molar-refractivity contribution < 1.29 is 8.42 Å². The first-order valence-corrected chi connectivity index (χ1v) is 9.41. The van der Waals surface area contributed by atoms with E-state index < -0.39 is 10.0 Å². The Hall–Kier alpha value is -0.820. The molecule has 21 heavy (non-hydrogen) atoms. The van der Waals surface area contributed by atoms with Crippen molar-refractivity contribution in [1.29, 1.82) is 0 Å². The molecule has 0 radical (unpaired) electrons. The maximum atomic E-state index is 11.7. The summed E-state index contributed by atoms with van der Waals surface area (Å²) in [5, 5.41) is 6.52. The molecular weight excluding hydrogens is 288 g/mol. The van der Waals surface area contributed by atoms with Crippen LogP contribution in [0.1, 0.15) is 40.0 Å². The smallest absolute Gasteiger partial charge is 0.214 e. The Morgan fingerprint density at radius 1 is 1.29 bits per heavy atom. The van der Waals surface area contributed by atoms with E-state index in [0.29, 0.717) is 31.6 Å². The zero-order valence-corrected chi connectivity index (χ0v) is 14.5. The van der Waals surface area contributed by atoms with E-state index in [0.717, 1.165) is 18.8 Å². The summed E-state index contributed by atoms with van der Waals surface area (Å²) in [6.07, 6.45) is 3.01. The maximum absolute atomic E-state index is 11.7. The molecule has 0 aromatic rings. The lowest BCUT2D eigenvalue weighted by Gasteiger charge is -2.20. The van der Waals surface area contributed by atoms with Gasteiger partial charge in [0.05, 0.1) is 5.75 Å². The molecule has 7 heteroatoms. The molecule has 1 unspecified atom stereocenters. The lowest BCUT2D eigenvalue weighted by atomic mass is 10.0. The number of aliphatic imine (C=N–C) groups is 1. The van der Waals surface area contributed by atoms with Crippen LogP contribution in [0.2, 0.25) is 0 Å². The molecule has 1 atom stereocenters. The van der Waals surface area contributed by atoms with Crippen LogP contribution in [0.5, 0.6) is 0 Å². The van der Waals surface area contributed by atoms with Crippen molar-refractivity contribution in [2.24, 2.45) is 10.9 Å². The van der Waals surface area contributed by atoms with Gasteiger partial charge in [0.25, 0.3) is 0 Å². The zero-order chi connectivity index (χ0) is 15.9. The van der Waals surface area contributed by atoms with Crippen molar-refractivity contribution in [3.05, 3.63) is 0 Å². The van der Waals surface area contributed by atoms with Gasteiger partial charge in [0.2, 0.25) is 10.0 Å². The van der Waals surface area contributed by atoms with Gasteiger partial charge in [0.15, 0.2) is 5.96 Å². The number of rotatable bonds is 7. The van der Waals surface area contributed by atoms with Crippen LogP contribution in [0, 0.1) is 5.92 Å². The molecule has 0 aromatic heterocycles.